The maximum Gasteiger partial charge on any atom is 0.303 e. The second-order valence-corrected chi connectivity index (χ2v) is 4.83. The molecule has 0 aromatic heterocycles. The summed E-state index contributed by atoms with van der Waals surface area (Å²) in [6.07, 6.45) is 1.20. The number of hydrogen-bond acceptors (Lipinski definition) is 3. The van der Waals surface area contributed by atoms with E-state index in [9.17, 15) is 18.4 Å². The minimum Gasteiger partial charge on any atom is -0.481 e. The molecular formula is C15H19F2NO4. The molecule has 0 aliphatic heterocycles. The number of halogens is 2. The number of benzene rings is 1. The summed E-state index contributed by atoms with van der Waals surface area (Å²) in [7, 11) is 0. The molecule has 0 aliphatic rings. The van der Waals surface area contributed by atoms with Crippen molar-refractivity contribution in [2.75, 3.05) is 6.54 Å². The smallest absolute Gasteiger partial charge is 0.303 e. The summed E-state index contributed by atoms with van der Waals surface area (Å²) in [6.45, 7) is 1.91. The molecule has 0 saturated heterocycles. The van der Waals surface area contributed by atoms with E-state index in [1.54, 1.807) is 0 Å². The predicted octanol–water partition coefficient (Wildman–Crippen LogP) is 2.49. The molecule has 1 amide bonds. The van der Waals surface area contributed by atoms with Crippen LogP contribution in [0.2, 0.25) is 0 Å². The molecule has 1 unspecified atom stereocenters. The Morgan fingerprint density at radius 3 is 2.59 bits per heavy atom. The van der Waals surface area contributed by atoms with Gasteiger partial charge in [-0.2, -0.15) is 0 Å². The van der Waals surface area contributed by atoms with E-state index in [-0.39, 0.29) is 18.1 Å². The quantitative estimate of drug-likeness (QED) is 0.687. The number of hydrogen-bond donors (Lipinski definition) is 2. The molecule has 122 valence electrons. The monoisotopic (exact) mass is 315 g/mol. The van der Waals surface area contributed by atoms with Crippen LogP contribution >= 0.6 is 0 Å². The van der Waals surface area contributed by atoms with E-state index in [1.807, 2.05) is 0 Å². The largest absolute Gasteiger partial charge is 0.481 e. The second kappa shape index (κ2) is 8.96. The zero-order valence-corrected chi connectivity index (χ0v) is 12.3. The molecule has 1 aromatic carbocycles. The Morgan fingerprint density at radius 1 is 1.23 bits per heavy atom. The van der Waals surface area contributed by atoms with Crippen LogP contribution in [0.25, 0.3) is 0 Å². The summed E-state index contributed by atoms with van der Waals surface area (Å²) in [5, 5.41) is 11.1. The summed E-state index contributed by atoms with van der Waals surface area (Å²) in [5.41, 5.74) is 0. The van der Waals surface area contributed by atoms with E-state index in [1.165, 1.54) is 13.0 Å². The number of rotatable bonds is 9. The van der Waals surface area contributed by atoms with Crippen molar-refractivity contribution in [3.05, 3.63) is 29.8 Å². The fourth-order valence-electron chi connectivity index (χ4n) is 1.74. The minimum atomic E-state index is -1.04. The van der Waals surface area contributed by atoms with Crippen molar-refractivity contribution in [2.45, 2.75) is 38.7 Å². The van der Waals surface area contributed by atoms with Crippen molar-refractivity contribution < 1.29 is 28.2 Å². The van der Waals surface area contributed by atoms with Crippen LogP contribution in [0.15, 0.2) is 18.2 Å². The normalized spacial score (nSPS) is 11.8. The van der Waals surface area contributed by atoms with Gasteiger partial charge in [0.2, 0.25) is 0 Å². The van der Waals surface area contributed by atoms with Gasteiger partial charge in [-0.05, 0) is 31.9 Å². The molecule has 0 aliphatic carbocycles. The highest BCUT2D eigenvalue weighted by Crippen LogP contribution is 2.16. The highest BCUT2D eigenvalue weighted by atomic mass is 19.2. The molecule has 22 heavy (non-hydrogen) atoms. The fraction of sp³-hybridized carbons (Fsp3) is 0.467. The lowest BCUT2D eigenvalue weighted by Crippen LogP contribution is -2.36. The Bertz CT molecular complexity index is 522. The number of carboxylic acid groups (broad SMARTS) is 1. The zero-order chi connectivity index (χ0) is 16.5. The first kappa shape index (κ1) is 17.9. The van der Waals surface area contributed by atoms with Crippen LogP contribution < -0.4 is 10.1 Å². The number of unbranched alkanes of at least 4 members (excludes halogenated alkanes) is 2. The third kappa shape index (κ3) is 6.51. The van der Waals surface area contributed by atoms with E-state index in [2.05, 4.69) is 5.32 Å². The SMILES string of the molecule is CC(Oc1ccc(F)c(F)c1)C(=O)NCCCCCC(=O)O. The van der Waals surface area contributed by atoms with Gasteiger partial charge >= 0.3 is 5.97 Å². The molecule has 0 heterocycles. The summed E-state index contributed by atoms with van der Waals surface area (Å²) in [4.78, 5) is 22.1. The maximum atomic E-state index is 13.0. The highest BCUT2D eigenvalue weighted by molar-refractivity contribution is 5.80. The summed E-state index contributed by atoms with van der Waals surface area (Å²) in [6, 6.07) is 3.05. The van der Waals surface area contributed by atoms with Crippen molar-refractivity contribution in [3.63, 3.8) is 0 Å². The van der Waals surface area contributed by atoms with Gasteiger partial charge in [0.1, 0.15) is 5.75 Å². The van der Waals surface area contributed by atoms with Crippen molar-refractivity contribution in [1.29, 1.82) is 0 Å². The van der Waals surface area contributed by atoms with Crippen LogP contribution in [-0.2, 0) is 9.59 Å². The fourth-order valence-corrected chi connectivity index (χ4v) is 1.74. The highest BCUT2D eigenvalue weighted by Gasteiger charge is 2.15. The predicted molar refractivity (Wildman–Crippen MR) is 75.6 cm³/mol. The number of amides is 1. The molecule has 0 radical (unpaired) electrons. The molecule has 7 heteroatoms. The van der Waals surface area contributed by atoms with Gasteiger partial charge in [0, 0.05) is 19.0 Å². The number of nitrogens with one attached hydrogen (secondary N) is 1. The molecule has 0 saturated carbocycles. The van der Waals surface area contributed by atoms with Gasteiger partial charge < -0.3 is 15.2 Å². The Labute approximate surface area is 127 Å². The molecule has 0 spiro atoms. The Hall–Kier alpha value is -2.18. The van der Waals surface area contributed by atoms with Crippen LogP contribution in [0.5, 0.6) is 5.75 Å². The molecule has 0 bridgehead atoms. The van der Waals surface area contributed by atoms with E-state index < -0.39 is 23.7 Å². The average molecular weight is 315 g/mol. The van der Waals surface area contributed by atoms with Crippen molar-refractivity contribution >= 4 is 11.9 Å². The topological polar surface area (TPSA) is 75.6 Å². The van der Waals surface area contributed by atoms with Crippen LogP contribution in [0, 0.1) is 11.6 Å². The minimum absolute atomic E-state index is 0.0722. The maximum absolute atomic E-state index is 13.0. The average Bonchev–Trinajstić information content (AvgIpc) is 2.46. The Morgan fingerprint density at radius 2 is 1.95 bits per heavy atom. The van der Waals surface area contributed by atoms with Crippen molar-refractivity contribution in [2.24, 2.45) is 0 Å². The third-order valence-corrected chi connectivity index (χ3v) is 2.94. The Balaban J connectivity index is 2.27. The standard InChI is InChI=1S/C15H19F2NO4/c1-10(22-11-6-7-12(16)13(17)9-11)15(21)18-8-4-2-3-5-14(19)20/h6-7,9-10H,2-5,8H2,1H3,(H,18,21)(H,19,20). The summed E-state index contributed by atoms with van der Waals surface area (Å²) in [5.74, 6) is -3.15. The van der Waals surface area contributed by atoms with Crippen LogP contribution in [0.3, 0.4) is 0 Å². The first-order chi connectivity index (χ1) is 10.4. The summed E-state index contributed by atoms with van der Waals surface area (Å²) < 4.78 is 31.0. The zero-order valence-electron chi connectivity index (χ0n) is 12.3. The Kier molecular flexibility index (Phi) is 7.28. The van der Waals surface area contributed by atoms with Gasteiger partial charge in [-0.3, -0.25) is 9.59 Å². The molecule has 2 N–H and O–H groups in total. The van der Waals surface area contributed by atoms with E-state index >= 15 is 0 Å². The number of ether oxygens (including phenoxy) is 1. The van der Waals surface area contributed by atoms with Crippen molar-refractivity contribution in [1.82, 2.24) is 5.32 Å². The van der Waals surface area contributed by atoms with E-state index in [0.29, 0.717) is 25.8 Å². The third-order valence-electron chi connectivity index (χ3n) is 2.94. The number of carbonyl (C=O) groups excluding carboxylic acids is 1. The van der Waals surface area contributed by atoms with Crippen LogP contribution in [-0.4, -0.2) is 29.6 Å². The van der Waals surface area contributed by atoms with Gasteiger partial charge in [-0.25, -0.2) is 8.78 Å². The van der Waals surface area contributed by atoms with Gasteiger partial charge in [-0.1, -0.05) is 6.42 Å². The number of aliphatic carboxylic acids is 1. The lowest BCUT2D eigenvalue weighted by Gasteiger charge is -2.14. The van der Waals surface area contributed by atoms with E-state index in [0.717, 1.165) is 12.1 Å². The molecule has 0 fully saturated rings. The number of carbonyl (C=O) groups is 2. The number of carboxylic acids is 1. The lowest BCUT2D eigenvalue weighted by atomic mass is 10.2. The van der Waals surface area contributed by atoms with Crippen LogP contribution in [0.1, 0.15) is 32.6 Å². The molecule has 1 aromatic rings. The van der Waals surface area contributed by atoms with Gasteiger partial charge in [0.15, 0.2) is 17.7 Å². The van der Waals surface area contributed by atoms with Crippen molar-refractivity contribution in [3.8, 4) is 5.75 Å². The first-order valence-electron chi connectivity index (χ1n) is 7.01. The van der Waals surface area contributed by atoms with Gasteiger partial charge in [0.25, 0.3) is 5.91 Å². The van der Waals surface area contributed by atoms with Gasteiger partial charge in [-0.15, -0.1) is 0 Å². The lowest BCUT2D eigenvalue weighted by molar-refractivity contribution is -0.137. The molecule has 1 rings (SSSR count). The first-order valence-corrected chi connectivity index (χ1v) is 7.01. The molecule has 1 atom stereocenters. The van der Waals surface area contributed by atoms with Crippen LogP contribution in [0.4, 0.5) is 8.78 Å². The molecule has 5 nitrogen and oxygen atoms in total. The van der Waals surface area contributed by atoms with Gasteiger partial charge in [0.05, 0.1) is 0 Å². The summed E-state index contributed by atoms with van der Waals surface area (Å²) >= 11 is 0. The second-order valence-electron chi connectivity index (χ2n) is 4.83. The molecular weight excluding hydrogens is 296 g/mol. The van der Waals surface area contributed by atoms with E-state index in [4.69, 9.17) is 9.84 Å².